The summed E-state index contributed by atoms with van der Waals surface area (Å²) in [5.41, 5.74) is 8.08. The number of fused-ring (bicyclic) bond motifs is 1. The molecule has 0 aliphatic carbocycles. The monoisotopic (exact) mass is 553 g/mol. The van der Waals surface area contributed by atoms with E-state index in [4.69, 9.17) is 5.73 Å². The molecule has 0 saturated carbocycles. The number of carboxylic acid groups (broad SMARTS) is 1. The molecule has 11 heteroatoms. The van der Waals surface area contributed by atoms with Crippen molar-refractivity contribution in [3.8, 4) is 0 Å². The summed E-state index contributed by atoms with van der Waals surface area (Å²) in [4.78, 5) is 54.3. The Hall–Kier alpha value is -3.83. The van der Waals surface area contributed by atoms with E-state index in [9.17, 15) is 24.3 Å². The molecule has 39 heavy (non-hydrogen) atoms. The van der Waals surface area contributed by atoms with Gasteiger partial charge in [-0.05, 0) is 42.5 Å². The average molecular weight is 554 g/mol. The third-order valence-corrected chi connectivity index (χ3v) is 6.93. The van der Waals surface area contributed by atoms with E-state index in [2.05, 4.69) is 20.9 Å². The van der Waals surface area contributed by atoms with E-state index in [1.807, 2.05) is 36.6 Å². The van der Waals surface area contributed by atoms with Gasteiger partial charge in [-0.3, -0.25) is 14.4 Å². The summed E-state index contributed by atoms with van der Waals surface area (Å²) in [5.74, 6) is -2.27. The molecule has 0 aliphatic rings. The van der Waals surface area contributed by atoms with E-state index in [-0.39, 0.29) is 12.8 Å². The van der Waals surface area contributed by atoms with E-state index >= 15 is 0 Å². The normalized spacial score (nSPS) is 14.1. The number of aromatic nitrogens is 1. The summed E-state index contributed by atoms with van der Waals surface area (Å²) < 4.78 is 0. The molecular formula is C28H35N5O5S. The molecular weight excluding hydrogens is 518 g/mol. The van der Waals surface area contributed by atoms with Crippen molar-refractivity contribution in [3.63, 3.8) is 0 Å². The first-order valence-corrected chi connectivity index (χ1v) is 14.1. The molecule has 0 bridgehead atoms. The molecule has 1 aromatic heterocycles. The van der Waals surface area contributed by atoms with Gasteiger partial charge in [0.2, 0.25) is 17.7 Å². The van der Waals surface area contributed by atoms with Crippen molar-refractivity contribution in [2.24, 2.45) is 5.73 Å². The highest BCUT2D eigenvalue weighted by Crippen LogP contribution is 2.19. The number of nitrogens with two attached hydrogens (primary N) is 1. The molecule has 0 saturated heterocycles. The van der Waals surface area contributed by atoms with Gasteiger partial charge in [-0.25, -0.2) is 4.79 Å². The van der Waals surface area contributed by atoms with Crippen molar-refractivity contribution in [2.45, 2.75) is 50.4 Å². The zero-order chi connectivity index (χ0) is 28.4. The topological polar surface area (TPSA) is 166 Å². The number of hydrogen-bond donors (Lipinski definition) is 6. The zero-order valence-electron chi connectivity index (χ0n) is 22.0. The number of thioether (sulfide) groups is 1. The predicted molar refractivity (Wildman–Crippen MR) is 152 cm³/mol. The molecule has 1 heterocycles. The van der Waals surface area contributed by atoms with Crippen LogP contribution in [0.5, 0.6) is 0 Å². The van der Waals surface area contributed by atoms with Crippen LogP contribution in [-0.2, 0) is 32.0 Å². The number of carbonyl (C=O) groups is 4. The Labute approximate surface area is 231 Å². The van der Waals surface area contributed by atoms with Crippen molar-refractivity contribution < 1.29 is 24.3 Å². The number of amides is 3. The molecule has 10 nitrogen and oxygen atoms in total. The molecule has 4 atom stereocenters. The smallest absolute Gasteiger partial charge is 0.326 e. The SMILES string of the molecule is CSCCC(NC(=O)C(C)N)C(=O)NC(Cc1c[nH]c2ccccc12)C(=O)NC(Cc1ccccc1)C(=O)O. The number of carboxylic acids is 1. The fourth-order valence-electron chi connectivity index (χ4n) is 4.13. The predicted octanol–water partition coefficient (Wildman–Crippen LogP) is 1.59. The van der Waals surface area contributed by atoms with Gasteiger partial charge in [0.15, 0.2) is 0 Å². The van der Waals surface area contributed by atoms with Gasteiger partial charge in [-0.2, -0.15) is 11.8 Å². The largest absolute Gasteiger partial charge is 0.480 e. The van der Waals surface area contributed by atoms with Crippen LogP contribution in [-0.4, -0.2) is 70.0 Å². The number of para-hydroxylation sites is 1. The lowest BCUT2D eigenvalue weighted by atomic mass is 10.0. The highest BCUT2D eigenvalue weighted by Gasteiger charge is 2.30. The lowest BCUT2D eigenvalue weighted by Gasteiger charge is -2.25. The Bertz CT molecular complexity index is 1280. The van der Waals surface area contributed by atoms with Crippen LogP contribution in [0.2, 0.25) is 0 Å². The molecule has 0 fully saturated rings. The quantitative estimate of drug-likeness (QED) is 0.176. The van der Waals surface area contributed by atoms with Crippen LogP contribution in [0.4, 0.5) is 0 Å². The van der Waals surface area contributed by atoms with Gasteiger partial charge in [0, 0.05) is 29.9 Å². The van der Waals surface area contributed by atoms with Crippen molar-refractivity contribution in [1.29, 1.82) is 0 Å². The van der Waals surface area contributed by atoms with E-state index in [1.54, 1.807) is 30.5 Å². The Morgan fingerprint density at radius 2 is 1.49 bits per heavy atom. The van der Waals surface area contributed by atoms with Crippen LogP contribution in [0.25, 0.3) is 10.9 Å². The number of aliphatic carboxylic acids is 1. The minimum Gasteiger partial charge on any atom is -0.480 e. The number of aromatic amines is 1. The fourth-order valence-corrected chi connectivity index (χ4v) is 4.60. The molecule has 2 aromatic carbocycles. The van der Waals surface area contributed by atoms with E-state index in [0.717, 1.165) is 22.0 Å². The minimum absolute atomic E-state index is 0.0798. The van der Waals surface area contributed by atoms with Gasteiger partial charge in [-0.15, -0.1) is 0 Å². The van der Waals surface area contributed by atoms with Crippen molar-refractivity contribution in [2.75, 3.05) is 12.0 Å². The van der Waals surface area contributed by atoms with Gasteiger partial charge in [0.05, 0.1) is 6.04 Å². The van der Waals surface area contributed by atoms with Gasteiger partial charge in [-0.1, -0.05) is 48.5 Å². The van der Waals surface area contributed by atoms with Crippen LogP contribution >= 0.6 is 11.8 Å². The molecule has 0 aliphatic heterocycles. The number of rotatable bonds is 14. The molecule has 3 amide bonds. The highest BCUT2D eigenvalue weighted by atomic mass is 32.2. The minimum atomic E-state index is -1.20. The summed E-state index contributed by atoms with van der Waals surface area (Å²) in [6.07, 6.45) is 4.16. The Morgan fingerprint density at radius 1 is 0.872 bits per heavy atom. The van der Waals surface area contributed by atoms with Gasteiger partial charge in [0.25, 0.3) is 0 Å². The number of benzene rings is 2. The first kappa shape index (κ1) is 29.7. The summed E-state index contributed by atoms with van der Waals surface area (Å²) in [6.45, 7) is 1.52. The molecule has 3 rings (SSSR count). The molecule has 3 aromatic rings. The fraction of sp³-hybridized carbons (Fsp3) is 0.357. The summed E-state index contributed by atoms with van der Waals surface area (Å²) in [6, 6.07) is 12.5. The molecule has 0 radical (unpaired) electrons. The summed E-state index contributed by atoms with van der Waals surface area (Å²) in [7, 11) is 0. The Kier molecular flexibility index (Phi) is 10.9. The molecule has 208 valence electrons. The Morgan fingerprint density at radius 3 is 2.15 bits per heavy atom. The van der Waals surface area contributed by atoms with Crippen LogP contribution in [0.15, 0.2) is 60.8 Å². The molecule has 0 spiro atoms. The third kappa shape index (κ3) is 8.59. The average Bonchev–Trinajstić information content (AvgIpc) is 3.33. The highest BCUT2D eigenvalue weighted by molar-refractivity contribution is 7.98. The summed E-state index contributed by atoms with van der Waals surface area (Å²) in [5, 5.41) is 18.7. The van der Waals surface area contributed by atoms with E-state index in [1.165, 1.54) is 18.7 Å². The van der Waals surface area contributed by atoms with Crippen molar-refractivity contribution >= 4 is 46.4 Å². The maximum Gasteiger partial charge on any atom is 0.326 e. The zero-order valence-corrected chi connectivity index (χ0v) is 22.8. The van der Waals surface area contributed by atoms with Gasteiger partial charge in [0.1, 0.15) is 18.1 Å². The Balaban J connectivity index is 1.85. The van der Waals surface area contributed by atoms with E-state index < -0.39 is 47.9 Å². The lowest BCUT2D eigenvalue weighted by molar-refractivity contribution is -0.142. The number of H-pyrrole nitrogens is 1. The third-order valence-electron chi connectivity index (χ3n) is 6.29. The first-order chi connectivity index (χ1) is 18.7. The van der Waals surface area contributed by atoms with E-state index in [0.29, 0.717) is 12.2 Å². The number of carbonyl (C=O) groups excluding carboxylic acids is 3. The second-order valence-electron chi connectivity index (χ2n) is 9.35. The second kappa shape index (κ2) is 14.4. The first-order valence-electron chi connectivity index (χ1n) is 12.7. The van der Waals surface area contributed by atoms with Crippen molar-refractivity contribution in [3.05, 3.63) is 71.9 Å². The number of nitrogens with one attached hydrogen (secondary N) is 4. The standard InChI is InChI=1S/C28H35N5O5S/c1-17(29)25(34)31-22(12-13-39-2)26(35)32-23(15-19-16-30-21-11-7-6-10-20(19)21)27(36)33-24(28(37)38)14-18-8-4-3-5-9-18/h3-11,16-17,22-24,30H,12-15,29H2,1-2H3,(H,31,34)(H,32,35)(H,33,36)(H,37,38). The van der Waals surface area contributed by atoms with Gasteiger partial charge >= 0.3 is 5.97 Å². The van der Waals surface area contributed by atoms with Crippen LogP contribution in [0.1, 0.15) is 24.5 Å². The summed E-state index contributed by atoms with van der Waals surface area (Å²) >= 11 is 1.51. The maximum atomic E-state index is 13.5. The maximum absolute atomic E-state index is 13.5. The van der Waals surface area contributed by atoms with Crippen LogP contribution in [0.3, 0.4) is 0 Å². The molecule has 7 N–H and O–H groups in total. The second-order valence-corrected chi connectivity index (χ2v) is 10.3. The van der Waals surface area contributed by atoms with Crippen LogP contribution in [0, 0.1) is 0 Å². The van der Waals surface area contributed by atoms with Crippen molar-refractivity contribution in [1.82, 2.24) is 20.9 Å². The molecule has 4 unspecified atom stereocenters. The lowest BCUT2D eigenvalue weighted by Crippen LogP contribution is -2.57. The number of hydrogen-bond acceptors (Lipinski definition) is 6. The van der Waals surface area contributed by atoms with Crippen LogP contribution < -0.4 is 21.7 Å². The van der Waals surface area contributed by atoms with Gasteiger partial charge < -0.3 is 31.8 Å².